The molecule has 6 unspecified atom stereocenters. The fourth-order valence-corrected chi connectivity index (χ4v) is 4.36. The molecule has 0 aromatic carbocycles. The largest absolute Gasteiger partial charge is 0.463 e. The Morgan fingerprint density at radius 2 is 1.38 bits per heavy atom. The van der Waals surface area contributed by atoms with Crippen molar-refractivity contribution in [1.29, 1.82) is 0 Å². The van der Waals surface area contributed by atoms with Crippen LogP contribution in [-0.2, 0) is 28.5 Å². The van der Waals surface area contributed by atoms with Gasteiger partial charge in [0.15, 0.2) is 0 Å². The van der Waals surface area contributed by atoms with Crippen LogP contribution in [0.1, 0.15) is 52.4 Å². The first-order valence-corrected chi connectivity index (χ1v) is 9.66. The van der Waals surface area contributed by atoms with Crippen LogP contribution in [0.25, 0.3) is 0 Å². The number of hydrogen-bond donors (Lipinski definition) is 1. The van der Waals surface area contributed by atoms with Crippen molar-refractivity contribution in [2.24, 2.45) is 11.8 Å². The second-order valence-electron chi connectivity index (χ2n) is 8.69. The van der Waals surface area contributed by atoms with Gasteiger partial charge in [0.2, 0.25) is 0 Å². The maximum atomic E-state index is 12.1. The highest BCUT2D eigenvalue weighted by molar-refractivity contribution is 5.73. The molecule has 7 heteroatoms. The van der Waals surface area contributed by atoms with Crippen molar-refractivity contribution < 1.29 is 33.6 Å². The highest BCUT2D eigenvalue weighted by atomic mass is 16.6. The molecule has 146 valence electrons. The molecular formula is C19H28O7. The zero-order chi connectivity index (χ0) is 18.5. The number of carbonyl (C=O) groups excluding carboxylic acids is 2. The molecule has 2 saturated heterocycles. The summed E-state index contributed by atoms with van der Waals surface area (Å²) in [4.78, 5) is 24.2. The number of epoxide rings is 2. The fourth-order valence-electron chi connectivity index (χ4n) is 4.36. The van der Waals surface area contributed by atoms with Gasteiger partial charge in [-0.1, -0.05) is 0 Å². The average molecular weight is 368 g/mol. The van der Waals surface area contributed by atoms with Crippen LogP contribution in [0, 0.1) is 11.8 Å². The van der Waals surface area contributed by atoms with E-state index in [0.29, 0.717) is 12.8 Å². The summed E-state index contributed by atoms with van der Waals surface area (Å²) in [5, 5.41) is 9.94. The molecule has 2 heterocycles. The lowest BCUT2D eigenvalue weighted by Crippen LogP contribution is -2.33. The van der Waals surface area contributed by atoms with Crippen LogP contribution in [0.4, 0.5) is 0 Å². The van der Waals surface area contributed by atoms with E-state index in [1.165, 1.54) is 0 Å². The summed E-state index contributed by atoms with van der Waals surface area (Å²) in [5.74, 6) is -0.934. The summed E-state index contributed by atoms with van der Waals surface area (Å²) in [6, 6.07) is 0. The summed E-state index contributed by atoms with van der Waals surface area (Å²) < 4.78 is 21.6. The number of aliphatic hydroxyl groups is 1. The Balaban J connectivity index is 1.12. The van der Waals surface area contributed by atoms with E-state index in [1.54, 1.807) is 0 Å². The highest BCUT2D eigenvalue weighted by Crippen LogP contribution is 2.50. The zero-order valence-corrected chi connectivity index (χ0v) is 15.4. The van der Waals surface area contributed by atoms with Gasteiger partial charge in [-0.15, -0.1) is 0 Å². The van der Waals surface area contributed by atoms with Crippen LogP contribution < -0.4 is 0 Å². The van der Waals surface area contributed by atoms with Crippen molar-refractivity contribution in [3.63, 3.8) is 0 Å². The lowest BCUT2D eigenvalue weighted by molar-refractivity contribution is -0.158. The topological polar surface area (TPSA) is 97.9 Å². The fraction of sp³-hybridized carbons (Fsp3) is 0.895. The minimum Gasteiger partial charge on any atom is -0.463 e. The summed E-state index contributed by atoms with van der Waals surface area (Å²) in [7, 11) is 0. The third kappa shape index (κ3) is 3.62. The second kappa shape index (κ2) is 6.46. The second-order valence-corrected chi connectivity index (χ2v) is 8.69. The molecular weight excluding hydrogens is 340 g/mol. The molecule has 7 nitrogen and oxygen atoms in total. The van der Waals surface area contributed by atoms with E-state index in [4.69, 9.17) is 18.9 Å². The number of aliphatic hydroxyl groups excluding tert-OH is 1. The van der Waals surface area contributed by atoms with Crippen LogP contribution in [0.2, 0.25) is 0 Å². The van der Waals surface area contributed by atoms with Crippen LogP contribution in [0.3, 0.4) is 0 Å². The molecule has 0 aromatic heterocycles. The average Bonchev–Trinajstić information content (AvgIpc) is 3.48. The van der Waals surface area contributed by atoms with Crippen LogP contribution in [0.15, 0.2) is 0 Å². The standard InChI is InChI=1S/C19H28O7/c1-18-5-3-11(7-14(18)25-18)16(21)23-9-13(20)10-24-17(22)12-4-6-19(2)15(8-12)26-19/h11-15,20H,3-10H2,1-2H3/t11?,12?,13?,14-,15?,18?,19?/m0/s1. The molecule has 0 aromatic rings. The smallest absolute Gasteiger partial charge is 0.309 e. The number of hydrogen-bond acceptors (Lipinski definition) is 7. The predicted octanol–water partition coefficient (Wildman–Crippen LogP) is 1.35. The van der Waals surface area contributed by atoms with Crippen molar-refractivity contribution in [3.05, 3.63) is 0 Å². The van der Waals surface area contributed by atoms with Gasteiger partial charge < -0.3 is 24.1 Å². The predicted molar refractivity (Wildman–Crippen MR) is 89.2 cm³/mol. The number of rotatable bonds is 6. The minimum absolute atomic E-state index is 0.0352. The van der Waals surface area contributed by atoms with Crippen molar-refractivity contribution in [2.45, 2.75) is 81.9 Å². The van der Waals surface area contributed by atoms with Crippen molar-refractivity contribution >= 4 is 11.9 Å². The van der Waals surface area contributed by atoms with Gasteiger partial charge in [-0.3, -0.25) is 9.59 Å². The van der Waals surface area contributed by atoms with Crippen LogP contribution >= 0.6 is 0 Å². The van der Waals surface area contributed by atoms with Gasteiger partial charge in [-0.2, -0.15) is 0 Å². The molecule has 7 atom stereocenters. The maximum Gasteiger partial charge on any atom is 0.309 e. The van der Waals surface area contributed by atoms with Gasteiger partial charge in [0.05, 0.1) is 35.2 Å². The SMILES string of the molecule is CC12CCC(C(=O)OCC(O)COC(=O)C3CCC4(C)O[C@H]4C3)CC1O2. The Kier molecular flexibility index (Phi) is 4.52. The van der Waals surface area contributed by atoms with E-state index >= 15 is 0 Å². The Morgan fingerprint density at radius 3 is 1.77 bits per heavy atom. The summed E-state index contributed by atoms with van der Waals surface area (Å²) in [6.07, 6.45) is 3.92. The molecule has 2 aliphatic heterocycles. The highest BCUT2D eigenvalue weighted by Gasteiger charge is 2.57. The zero-order valence-electron chi connectivity index (χ0n) is 15.4. The van der Waals surface area contributed by atoms with E-state index in [1.807, 2.05) is 0 Å². The van der Waals surface area contributed by atoms with E-state index < -0.39 is 6.10 Å². The molecule has 0 amide bonds. The third-order valence-corrected chi connectivity index (χ3v) is 6.55. The van der Waals surface area contributed by atoms with Gasteiger partial charge in [-0.25, -0.2) is 0 Å². The maximum absolute atomic E-state index is 12.1. The van der Waals surface area contributed by atoms with Gasteiger partial charge in [0, 0.05) is 0 Å². The monoisotopic (exact) mass is 368 g/mol. The summed E-state index contributed by atoms with van der Waals surface area (Å²) in [6.45, 7) is 3.83. The van der Waals surface area contributed by atoms with Gasteiger partial charge in [0.1, 0.15) is 19.3 Å². The molecule has 0 radical (unpaired) electrons. The molecule has 0 spiro atoms. The Hall–Kier alpha value is -1.18. The molecule has 4 fully saturated rings. The first kappa shape index (κ1) is 18.2. The van der Waals surface area contributed by atoms with E-state index in [0.717, 1.165) is 25.7 Å². The third-order valence-electron chi connectivity index (χ3n) is 6.55. The molecule has 0 bridgehead atoms. The molecule has 4 aliphatic rings. The summed E-state index contributed by atoms with van der Waals surface area (Å²) >= 11 is 0. The Morgan fingerprint density at radius 1 is 0.962 bits per heavy atom. The number of carbonyl (C=O) groups is 2. The lowest BCUT2D eigenvalue weighted by Gasteiger charge is -2.23. The van der Waals surface area contributed by atoms with E-state index in [2.05, 4.69) is 13.8 Å². The Bertz CT molecular complexity index is 542. The van der Waals surface area contributed by atoms with Crippen molar-refractivity contribution in [3.8, 4) is 0 Å². The normalized spacial score (nSPS) is 44.3. The van der Waals surface area contributed by atoms with Crippen molar-refractivity contribution in [1.82, 2.24) is 0 Å². The molecule has 26 heavy (non-hydrogen) atoms. The van der Waals surface area contributed by atoms with Gasteiger partial charge >= 0.3 is 11.9 Å². The number of esters is 2. The van der Waals surface area contributed by atoms with Crippen LogP contribution in [0.5, 0.6) is 0 Å². The molecule has 1 N–H and O–H groups in total. The summed E-state index contributed by atoms with van der Waals surface area (Å²) in [5.41, 5.74) is -0.0703. The van der Waals surface area contributed by atoms with E-state index in [9.17, 15) is 14.7 Å². The minimum atomic E-state index is -1.00. The first-order chi connectivity index (χ1) is 12.3. The molecule has 2 aliphatic carbocycles. The van der Waals surface area contributed by atoms with E-state index in [-0.39, 0.29) is 60.4 Å². The van der Waals surface area contributed by atoms with Gasteiger partial charge in [0.25, 0.3) is 0 Å². The molecule has 2 saturated carbocycles. The first-order valence-electron chi connectivity index (χ1n) is 9.66. The number of ether oxygens (including phenoxy) is 4. The lowest BCUT2D eigenvalue weighted by atomic mass is 9.83. The molecule has 4 rings (SSSR count). The van der Waals surface area contributed by atoms with Crippen LogP contribution in [-0.4, -0.2) is 59.8 Å². The van der Waals surface area contributed by atoms with Crippen molar-refractivity contribution in [2.75, 3.05) is 13.2 Å². The number of fused-ring (bicyclic) bond motifs is 2. The quantitative estimate of drug-likeness (QED) is 0.558. The Labute approximate surface area is 153 Å². The van der Waals surface area contributed by atoms with Gasteiger partial charge in [-0.05, 0) is 52.4 Å².